The first-order valence-electron chi connectivity index (χ1n) is 10.3. The van der Waals surface area contributed by atoms with Crippen LogP contribution in [-0.4, -0.2) is 34.5 Å². The molecule has 2 heterocycles. The van der Waals surface area contributed by atoms with E-state index in [0.29, 0.717) is 23.7 Å². The zero-order chi connectivity index (χ0) is 22.0. The summed E-state index contributed by atoms with van der Waals surface area (Å²) in [6.07, 6.45) is 0.567. The van der Waals surface area contributed by atoms with Crippen LogP contribution in [0.5, 0.6) is 0 Å². The minimum absolute atomic E-state index is 0.111. The van der Waals surface area contributed by atoms with Crippen LogP contribution in [0.4, 0.5) is 0 Å². The summed E-state index contributed by atoms with van der Waals surface area (Å²) in [5.41, 5.74) is 2.29. The van der Waals surface area contributed by atoms with Gasteiger partial charge in [-0.1, -0.05) is 73.1 Å². The first-order chi connectivity index (χ1) is 14.9. The van der Waals surface area contributed by atoms with E-state index in [1.807, 2.05) is 56.3 Å². The van der Waals surface area contributed by atoms with Crippen molar-refractivity contribution in [3.8, 4) is 11.3 Å². The fraction of sp³-hybridized carbons (Fsp3) is 0.292. The number of nitrogens with one attached hydrogen (secondary N) is 1. The van der Waals surface area contributed by atoms with Gasteiger partial charge in [0, 0.05) is 23.2 Å². The Balaban J connectivity index is 1.62. The highest BCUT2D eigenvalue weighted by Crippen LogP contribution is 2.27. The van der Waals surface area contributed by atoms with Crippen molar-refractivity contribution in [2.45, 2.75) is 32.4 Å². The van der Waals surface area contributed by atoms with Crippen molar-refractivity contribution in [3.63, 3.8) is 0 Å². The molecule has 2 aromatic carbocycles. The molecule has 0 spiro atoms. The maximum Gasteiger partial charge on any atom is 0.293 e. The van der Waals surface area contributed by atoms with Crippen molar-refractivity contribution >= 4 is 23.4 Å². The first kappa shape index (κ1) is 21.1. The van der Waals surface area contributed by atoms with Gasteiger partial charge in [-0.2, -0.15) is 0 Å². The van der Waals surface area contributed by atoms with Gasteiger partial charge in [-0.3, -0.25) is 9.59 Å². The van der Waals surface area contributed by atoms with Gasteiger partial charge in [-0.25, -0.2) is 0 Å². The molecule has 1 saturated heterocycles. The molecule has 1 fully saturated rings. The molecule has 31 heavy (non-hydrogen) atoms. The fourth-order valence-corrected chi connectivity index (χ4v) is 3.96. The van der Waals surface area contributed by atoms with Gasteiger partial charge in [0.2, 0.25) is 11.7 Å². The summed E-state index contributed by atoms with van der Waals surface area (Å²) in [4.78, 5) is 28.0. The lowest BCUT2D eigenvalue weighted by Gasteiger charge is -2.39. The molecule has 6 nitrogen and oxygen atoms in total. The van der Waals surface area contributed by atoms with Crippen LogP contribution in [0.2, 0.25) is 5.02 Å². The van der Waals surface area contributed by atoms with Gasteiger partial charge in [0.05, 0.1) is 6.04 Å². The number of benzene rings is 2. The van der Waals surface area contributed by atoms with Crippen molar-refractivity contribution in [2.24, 2.45) is 5.92 Å². The summed E-state index contributed by atoms with van der Waals surface area (Å²) in [5, 5.41) is 7.73. The van der Waals surface area contributed by atoms with E-state index >= 15 is 0 Å². The molecule has 1 aromatic heterocycles. The smallest absolute Gasteiger partial charge is 0.293 e. The molecule has 1 N–H and O–H groups in total. The molecule has 0 radical (unpaired) electrons. The normalized spacial score (nSPS) is 18.8. The second kappa shape index (κ2) is 8.94. The SMILES string of the molecule is CC(C)C[C@H]1C(=O)N[C@@H](c2ccccc2)CN1C(=O)c1cc(-c2ccc(Cl)cc2)no1. The molecule has 3 aromatic rings. The Labute approximate surface area is 186 Å². The molecule has 7 heteroatoms. The molecule has 0 aliphatic carbocycles. The minimum Gasteiger partial charge on any atom is -0.350 e. The predicted molar refractivity (Wildman–Crippen MR) is 119 cm³/mol. The molecule has 0 unspecified atom stereocenters. The standard InChI is InChI=1S/C24H24ClN3O3/c1-15(2)12-21-23(29)26-20(16-6-4-3-5-7-16)14-28(21)24(30)22-13-19(27-31-22)17-8-10-18(25)11-9-17/h3-11,13,15,20-21H,12,14H2,1-2H3,(H,26,29)/t20-,21+/m1/s1. The number of nitrogens with zero attached hydrogens (tertiary/aromatic N) is 2. The molecule has 0 saturated carbocycles. The number of aromatic nitrogens is 1. The van der Waals surface area contributed by atoms with Gasteiger partial charge in [0.25, 0.3) is 5.91 Å². The Bertz CT molecular complexity index is 1060. The van der Waals surface area contributed by atoms with Crippen LogP contribution in [-0.2, 0) is 4.79 Å². The number of hydrogen-bond acceptors (Lipinski definition) is 4. The van der Waals surface area contributed by atoms with Crippen LogP contribution in [0.1, 0.15) is 42.4 Å². The zero-order valence-electron chi connectivity index (χ0n) is 17.4. The highest BCUT2D eigenvalue weighted by molar-refractivity contribution is 6.30. The second-order valence-corrected chi connectivity index (χ2v) is 8.59. The lowest BCUT2D eigenvalue weighted by atomic mass is 9.95. The Morgan fingerprint density at radius 1 is 1.19 bits per heavy atom. The molecule has 4 rings (SSSR count). The van der Waals surface area contributed by atoms with Crippen molar-refractivity contribution in [1.29, 1.82) is 0 Å². The van der Waals surface area contributed by atoms with Crippen LogP contribution in [0.3, 0.4) is 0 Å². The van der Waals surface area contributed by atoms with E-state index in [4.69, 9.17) is 16.1 Å². The van der Waals surface area contributed by atoms with Crippen LogP contribution < -0.4 is 5.32 Å². The summed E-state index contributed by atoms with van der Waals surface area (Å²) in [6.45, 7) is 4.43. The van der Waals surface area contributed by atoms with E-state index in [1.54, 1.807) is 23.1 Å². The highest BCUT2D eigenvalue weighted by Gasteiger charge is 2.39. The fourth-order valence-electron chi connectivity index (χ4n) is 3.83. The summed E-state index contributed by atoms with van der Waals surface area (Å²) < 4.78 is 5.39. The lowest BCUT2D eigenvalue weighted by Crippen LogP contribution is -2.58. The van der Waals surface area contributed by atoms with E-state index in [1.165, 1.54) is 0 Å². The Morgan fingerprint density at radius 3 is 2.58 bits per heavy atom. The molecule has 1 aliphatic rings. The van der Waals surface area contributed by atoms with Crippen molar-refractivity contribution in [2.75, 3.05) is 6.54 Å². The van der Waals surface area contributed by atoms with Crippen LogP contribution in [0.25, 0.3) is 11.3 Å². The molecular formula is C24H24ClN3O3. The van der Waals surface area contributed by atoms with E-state index in [-0.39, 0.29) is 29.5 Å². The summed E-state index contributed by atoms with van der Waals surface area (Å²) >= 11 is 5.95. The Morgan fingerprint density at radius 2 is 1.90 bits per heavy atom. The predicted octanol–water partition coefficient (Wildman–Crippen LogP) is 4.72. The Hall–Kier alpha value is -3.12. The minimum atomic E-state index is -0.559. The third-order valence-electron chi connectivity index (χ3n) is 5.39. The molecule has 1 aliphatic heterocycles. The van der Waals surface area contributed by atoms with Crippen LogP contribution in [0.15, 0.2) is 65.2 Å². The van der Waals surface area contributed by atoms with Gasteiger partial charge in [-0.05, 0) is 30.0 Å². The molecule has 160 valence electrons. The number of rotatable bonds is 5. The molecule has 2 amide bonds. The third-order valence-corrected chi connectivity index (χ3v) is 5.65. The van der Waals surface area contributed by atoms with E-state index in [0.717, 1.165) is 11.1 Å². The van der Waals surface area contributed by atoms with Gasteiger partial charge in [0.15, 0.2) is 0 Å². The number of hydrogen-bond donors (Lipinski definition) is 1. The monoisotopic (exact) mass is 437 g/mol. The lowest BCUT2D eigenvalue weighted by molar-refractivity contribution is -0.130. The largest absolute Gasteiger partial charge is 0.350 e. The summed E-state index contributed by atoms with van der Waals surface area (Å²) in [6, 6.07) is 17.6. The van der Waals surface area contributed by atoms with Gasteiger partial charge < -0.3 is 14.7 Å². The Kier molecular flexibility index (Phi) is 6.09. The van der Waals surface area contributed by atoms with Gasteiger partial charge >= 0.3 is 0 Å². The second-order valence-electron chi connectivity index (χ2n) is 8.16. The summed E-state index contributed by atoms with van der Waals surface area (Å²) in [5.74, 6) is -0.132. The number of carbonyl (C=O) groups is 2. The average molecular weight is 438 g/mol. The topological polar surface area (TPSA) is 75.4 Å². The van der Waals surface area contributed by atoms with Crippen molar-refractivity contribution in [3.05, 3.63) is 77.0 Å². The van der Waals surface area contributed by atoms with E-state index in [2.05, 4.69) is 10.5 Å². The quantitative estimate of drug-likeness (QED) is 0.626. The number of carbonyl (C=O) groups excluding carboxylic acids is 2. The average Bonchev–Trinajstić information content (AvgIpc) is 3.25. The molecular weight excluding hydrogens is 414 g/mol. The van der Waals surface area contributed by atoms with E-state index in [9.17, 15) is 9.59 Å². The highest BCUT2D eigenvalue weighted by atomic mass is 35.5. The van der Waals surface area contributed by atoms with Crippen LogP contribution >= 0.6 is 11.6 Å². The summed E-state index contributed by atoms with van der Waals surface area (Å²) in [7, 11) is 0. The number of amides is 2. The van der Waals surface area contributed by atoms with Crippen molar-refractivity contribution < 1.29 is 14.1 Å². The van der Waals surface area contributed by atoms with Gasteiger partial charge in [-0.15, -0.1) is 0 Å². The maximum absolute atomic E-state index is 13.4. The van der Waals surface area contributed by atoms with Crippen LogP contribution in [0, 0.1) is 5.92 Å². The molecule has 2 atom stereocenters. The van der Waals surface area contributed by atoms with Crippen molar-refractivity contribution in [1.82, 2.24) is 15.4 Å². The molecule has 0 bridgehead atoms. The third kappa shape index (κ3) is 4.64. The number of halogens is 1. The zero-order valence-corrected chi connectivity index (χ0v) is 18.2. The van der Waals surface area contributed by atoms with E-state index < -0.39 is 6.04 Å². The maximum atomic E-state index is 13.4. The first-order valence-corrected chi connectivity index (χ1v) is 10.7. The number of piperazine rings is 1. The van der Waals surface area contributed by atoms with Gasteiger partial charge in [0.1, 0.15) is 11.7 Å².